The van der Waals surface area contributed by atoms with Crippen molar-refractivity contribution in [2.45, 2.75) is 5.92 Å². The maximum absolute atomic E-state index is 13.3. The zero-order valence-electron chi connectivity index (χ0n) is 16.3. The maximum atomic E-state index is 13.3. The van der Waals surface area contributed by atoms with Gasteiger partial charge in [0.1, 0.15) is 18.0 Å². The number of hydrogen-bond donors (Lipinski definition) is 1. The number of rotatable bonds is 4. The third kappa shape index (κ3) is 4.23. The highest BCUT2D eigenvalue weighted by Gasteiger charge is 2.28. The number of ether oxygens (including phenoxy) is 1. The molecule has 0 atom stereocenters. The van der Waals surface area contributed by atoms with Gasteiger partial charge in [-0.2, -0.15) is 0 Å². The van der Waals surface area contributed by atoms with Gasteiger partial charge in [0.15, 0.2) is 0 Å². The number of carbonyl (C=O) groups is 1. The molecule has 1 aliphatic carbocycles. The minimum Gasteiger partial charge on any atom is -0.449 e. The van der Waals surface area contributed by atoms with Gasteiger partial charge in [0, 0.05) is 12.0 Å². The summed E-state index contributed by atoms with van der Waals surface area (Å²) in [7, 11) is 0. The Morgan fingerprint density at radius 3 is 2.35 bits per heavy atom. The number of amides is 1. The van der Waals surface area contributed by atoms with Gasteiger partial charge in [0.05, 0.1) is 11.5 Å². The number of halogens is 1. The lowest BCUT2D eigenvalue weighted by atomic mass is 9.98. The zero-order chi connectivity index (χ0) is 21.8. The quantitative estimate of drug-likeness (QED) is 0.382. The van der Waals surface area contributed by atoms with E-state index in [0.717, 1.165) is 40.5 Å². The van der Waals surface area contributed by atoms with Crippen LogP contribution >= 0.6 is 0 Å². The molecular weight excluding hydrogens is 399 g/mol. The van der Waals surface area contributed by atoms with Crippen molar-refractivity contribution in [1.29, 1.82) is 0 Å². The first-order valence-corrected chi connectivity index (χ1v) is 9.56. The fraction of sp³-hybridized carbons (Fsp3) is 0.125. The van der Waals surface area contributed by atoms with Crippen molar-refractivity contribution in [2.75, 3.05) is 13.2 Å². The van der Waals surface area contributed by atoms with Crippen LogP contribution in [0.3, 0.4) is 0 Å². The molecule has 0 saturated carbocycles. The van der Waals surface area contributed by atoms with Crippen LogP contribution < -0.4 is 5.32 Å². The Hall–Kier alpha value is -4.18. The zero-order valence-corrected chi connectivity index (χ0v) is 16.3. The molecule has 6 nitrogen and oxygen atoms in total. The largest absolute Gasteiger partial charge is 0.449 e. The third-order valence-electron chi connectivity index (χ3n) is 5.04. The molecule has 0 aromatic heterocycles. The van der Waals surface area contributed by atoms with Crippen LogP contribution in [0.2, 0.25) is 0 Å². The number of fused-ring (bicyclic) bond motifs is 3. The summed E-state index contributed by atoms with van der Waals surface area (Å²) in [5.74, 6) is 4.41. The Kier molecular flexibility index (Phi) is 5.63. The molecule has 3 aromatic carbocycles. The first-order valence-electron chi connectivity index (χ1n) is 9.56. The minimum atomic E-state index is -0.648. The van der Waals surface area contributed by atoms with Gasteiger partial charge in [0.25, 0.3) is 5.69 Å². The summed E-state index contributed by atoms with van der Waals surface area (Å²) < 4.78 is 18.7. The lowest BCUT2D eigenvalue weighted by Gasteiger charge is -2.14. The average Bonchev–Trinajstić information content (AvgIpc) is 3.09. The molecule has 1 aliphatic rings. The maximum Gasteiger partial charge on any atom is 0.407 e. The minimum absolute atomic E-state index is 0.0562. The van der Waals surface area contributed by atoms with E-state index in [2.05, 4.69) is 29.3 Å². The number of nitrogens with zero attached hydrogens (tertiary/aromatic N) is 1. The van der Waals surface area contributed by atoms with E-state index in [1.807, 2.05) is 36.4 Å². The third-order valence-corrected chi connectivity index (χ3v) is 5.04. The van der Waals surface area contributed by atoms with E-state index in [9.17, 15) is 19.3 Å². The van der Waals surface area contributed by atoms with Crippen LogP contribution in [0.15, 0.2) is 66.7 Å². The van der Waals surface area contributed by atoms with Crippen molar-refractivity contribution < 1.29 is 18.8 Å². The number of carbonyl (C=O) groups excluding carboxylic acids is 1. The summed E-state index contributed by atoms with van der Waals surface area (Å²) in [5.41, 5.74) is 4.13. The highest BCUT2D eigenvalue weighted by molar-refractivity contribution is 5.79. The van der Waals surface area contributed by atoms with Gasteiger partial charge in [-0.3, -0.25) is 10.1 Å². The van der Waals surface area contributed by atoms with Gasteiger partial charge in [-0.05, 0) is 34.4 Å². The molecule has 0 fully saturated rings. The molecule has 0 radical (unpaired) electrons. The van der Waals surface area contributed by atoms with Crippen molar-refractivity contribution >= 4 is 11.8 Å². The van der Waals surface area contributed by atoms with Gasteiger partial charge >= 0.3 is 6.09 Å². The lowest BCUT2D eigenvalue weighted by molar-refractivity contribution is -0.385. The number of nitrogens with one attached hydrogen (secondary N) is 1. The average molecular weight is 416 g/mol. The first-order chi connectivity index (χ1) is 15.0. The molecule has 0 unspecified atom stereocenters. The van der Waals surface area contributed by atoms with E-state index in [-0.39, 0.29) is 30.3 Å². The Labute approximate surface area is 177 Å². The number of hydrogen-bond acceptors (Lipinski definition) is 4. The normalized spacial score (nSPS) is 11.6. The van der Waals surface area contributed by atoms with Crippen molar-refractivity contribution in [3.8, 4) is 23.0 Å². The van der Waals surface area contributed by atoms with Crippen LogP contribution in [0, 0.1) is 27.8 Å². The van der Waals surface area contributed by atoms with E-state index in [4.69, 9.17) is 4.74 Å². The molecule has 154 valence electrons. The van der Waals surface area contributed by atoms with Gasteiger partial charge in [-0.25, -0.2) is 9.18 Å². The van der Waals surface area contributed by atoms with Crippen LogP contribution in [-0.2, 0) is 4.74 Å². The van der Waals surface area contributed by atoms with E-state index in [1.54, 1.807) is 0 Å². The fourth-order valence-corrected chi connectivity index (χ4v) is 3.67. The van der Waals surface area contributed by atoms with Crippen LogP contribution in [0.5, 0.6) is 0 Å². The van der Waals surface area contributed by atoms with Gasteiger partial charge < -0.3 is 10.1 Å². The Bertz CT molecular complexity index is 1180. The van der Waals surface area contributed by atoms with E-state index in [0.29, 0.717) is 0 Å². The summed E-state index contributed by atoms with van der Waals surface area (Å²) in [6, 6.07) is 19.1. The number of alkyl carbamates (subject to hydrolysis) is 1. The summed E-state index contributed by atoms with van der Waals surface area (Å²) in [6.45, 7) is 0.0764. The monoisotopic (exact) mass is 416 g/mol. The molecule has 1 amide bonds. The van der Waals surface area contributed by atoms with E-state index in [1.165, 1.54) is 0 Å². The second-order valence-electron chi connectivity index (χ2n) is 6.90. The van der Waals surface area contributed by atoms with Crippen LogP contribution in [0.1, 0.15) is 22.6 Å². The molecule has 0 saturated heterocycles. The second-order valence-corrected chi connectivity index (χ2v) is 6.90. The highest BCUT2D eigenvalue weighted by Crippen LogP contribution is 2.44. The molecular formula is C24H17FN2O4. The molecule has 7 heteroatoms. The molecule has 0 bridgehead atoms. The Morgan fingerprint density at radius 2 is 1.71 bits per heavy atom. The van der Waals surface area contributed by atoms with Gasteiger partial charge in [0.2, 0.25) is 0 Å². The Morgan fingerprint density at radius 1 is 1.06 bits per heavy atom. The van der Waals surface area contributed by atoms with Gasteiger partial charge in [-0.1, -0.05) is 60.4 Å². The standard InChI is InChI=1S/C24H17FN2O4/c25-17-11-12-23(27(29)30)16(14-17)6-5-13-26-24(28)31-15-22-20-9-3-1-7-18(20)19-8-2-4-10-21(19)22/h1-4,7-12,14,22H,13,15H2,(H,26,28). The number of nitro benzene ring substituents is 1. The molecule has 3 aromatic rings. The van der Waals surface area contributed by atoms with Gasteiger partial charge in [-0.15, -0.1) is 0 Å². The molecule has 0 spiro atoms. The topological polar surface area (TPSA) is 81.5 Å². The van der Waals surface area contributed by atoms with Crippen LogP contribution in [-0.4, -0.2) is 24.2 Å². The number of benzene rings is 3. The predicted octanol–water partition coefficient (Wildman–Crippen LogP) is 4.62. The fourth-order valence-electron chi connectivity index (χ4n) is 3.67. The SMILES string of the molecule is O=C(NCC#Cc1cc(F)ccc1[N+](=O)[O-])OCC1c2ccccc2-c2ccccc21. The molecule has 1 N–H and O–H groups in total. The molecule has 4 rings (SSSR count). The summed E-state index contributed by atoms with van der Waals surface area (Å²) >= 11 is 0. The summed E-state index contributed by atoms with van der Waals surface area (Å²) in [6.07, 6.45) is -0.648. The van der Waals surface area contributed by atoms with Crippen LogP contribution in [0.4, 0.5) is 14.9 Å². The van der Waals surface area contributed by atoms with E-state index < -0.39 is 16.8 Å². The van der Waals surface area contributed by atoms with Crippen molar-refractivity contribution in [2.24, 2.45) is 0 Å². The smallest absolute Gasteiger partial charge is 0.407 e. The van der Waals surface area contributed by atoms with Crippen molar-refractivity contribution in [3.05, 3.63) is 99.4 Å². The lowest BCUT2D eigenvalue weighted by Crippen LogP contribution is -2.26. The molecule has 31 heavy (non-hydrogen) atoms. The van der Waals surface area contributed by atoms with E-state index >= 15 is 0 Å². The number of nitro groups is 1. The highest BCUT2D eigenvalue weighted by atomic mass is 19.1. The molecule has 0 heterocycles. The first kappa shape index (κ1) is 20.1. The molecule has 0 aliphatic heterocycles. The van der Waals surface area contributed by atoms with Crippen molar-refractivity contribution in [3.63, 3.8) is 0 Å². The van der Waals surface area contributed by atoms with Crippen LogP contribution in [0.25, 0.3) is 11.1 Å². The summed E-state index contributed by atoms with van der Waals surface area (Å²) in [4.78, 5) is 22.4. The predicted molar refractivity (Wildman–Crippen MR) is 113 cm³/mol. The van der Waals surface area contributed by atoms with Crippen molar-refractivity contribution in [1.82, 2.24) is 5.32 Å². The Balaban J connectivity index is 1.37. The second kappa shape index (κ2) is 8.67. The summed E-state index contributed by atoms with van der Waals surface area (Å²) in [5, 5.41) is 13.5.